The number of carboxylic acids is 1. The summed E-state index contributed by atoms with van der Waals surface area (Å²) in [5.41, 5.74) is 0.477. The molecule has 19 heavy (non-hydrogen) atoms. The number of carbonyl (C=O) groups excluding carboxylic acids is 1. The highest BCUT2D eigenvalue weighted by Crippen LogP contribution is 2.27. The molecule has 1 aromatic carbocycles. The van der Waals surface area contributed by atoms with Crippen LogP contribution in [0.15, 0.2) is 34.1 Å². The maximum Gasteiger partial charge on any atom is 0.335 e. The Hall–Kier alpha value is -1.37. The highest BCUT2D eigenvalue weighted by atomic mass is 79.9. The van der Waals surface area contributed by atoms with Crippen molar-refractivity contribution in [3.63, 3.8) is 0 Å². The first-order valence-electron chi connectivity index (χ1n) is 5.06. The molecule has 0 bridgehead atoms. The van der Waals surface area contributed by atoms with E-state index in [2.05, 4.69) is 21.2 Å². The summed E-state index contributed by atoms with van der Waals surface area (Å²) in [5.74, 6) is -1.43. The van der Waals surface area contributed by atoms with Gasteiger partial charge in [0.25, 0.3) is 5.91 Å². The van der Waals surface area contributed by atoms with Gasteiger partial charge in [0.1, 0.15) is 4.88 Å². The molecule has 98 valence electrons. The summed E-state index contributed by atoms with van der Waals surface area (Å²) in [4.78, 5) is 23.2. The molecule has 0 atom stereocenters. The minimum absolute atomic E-state index is 0.0933. The molecule has 7 heteroatoms. The highest BCUT2D eigenvalue weighted by Gasteiger charge is 2.14. The maximum atomic E-state index is 12.0. The van der Waals surface area contributed by atoms with Crippen molar-refractivity contribution in [2.45, 2.75) is 0 Å². The van der Waals surface area contributed by atoms with Crippen LogP contribution in [0.2, 0.25) is 5.02 Å². The fourth-order valence-corrected chi connectivity index (χ4v) is 2.77. The molecule has 0 aliphatic carbocycles. The molecule has 0 spiro atoms. The zero-order valence-electron chi connectivity index (χ0n) is 9.31. The minimum Gasteiger partial charge on any atom is -0.478 e. The number of halogens is 2. The molecule has 4 nitrogen and oxygen atoms in total. The van der Waals surface area contributed by atoms with E-state index in [1.54, 1.807) is 17.5 Å². The van der Waals surface area contributed by atoms with Crippen molar-refractivity contribution in [1.82, 2.24) is 0 Å². The van der Waals surface area contributed by atoms with Crippen LogP contribution in [-0.2, 0) is 0 Å². The summed E-state index contributed by atoms with van der Waals surface area (Å²) >= 11 is 10.3. The molecule has 0 aliphatic heterocycles. The Morgan fingerprint density at radius 1 is 1.32 bits per heavy atom. The quantitative estimate of drug-likeness (QED) is 0.865. The second kappa shape index (κ2) is 5.73. The molecule has 2 aromatic rings. The normalized spacial score (nSPS) is 10.2. The third-order valence-corrected chi connectivity index (χ3v) is 4.32. The second-order valence-corrected chi connectivity index (χ2v) is 5.73. The molecule has 2 N–H and O–H groups in total. The summed E-state index contributed by atoms with van der Waals surface area (Å²) < 4.78 is 0.596. The maximum absolute atomic E-state index is 12.0. The van der Waals surface area contributed by atoms with E-state index in [0.29, 0.717) is 20.1 Å². The van der Waals surface area contributed by atoms with Gasteiger partial charge < -0.3 is 10.4 Å². The highest BCUT2D eigenvalue weighted by molar-refractivity contribution is 9.10. The van der Waals surface area contributed by atoms with Crippen LogP contribution in [-0.4, -0.2) is 17.0 Å². The average Bonchev–Trinajstić information content (AvgIpc) is 2.78. The second-order valence-electron chi connectivity index (χ2n) is 3.55. The smallest absolute Gasteiger partial charge is 0.335 e. The molecule has 0 fully saturated rings. The first kappa shape index (κ1) is 14.0. The summed E-state index contributed by atoms with van der Waals surface area (Å²) in [6, 6.07) is 6.02. The standard InChI is InChI=1S/C12H7BrClNO3S/c13-7-2-1-6(12(17)18)5-9(7)15-11(16)10-8(14)3-4-19-10/h1-5H,(H,15,16)(H,17,18). The van der Waals surface area contributed by atoms with Gasteiger partial charge in [0.2, 0.25) is 0 Å². The molecule has 1 amide bonds. The summed E-state index contributed by atoms with van der Waals surface area (Å²) in [7, 11) is 0. The van der Waals surface area contributed by atoms with Crippen molar-refractivity contribution < 1.29 is 14.7 Å². The summed E-state index contributed by atoms with van der Waals surface area (Å²) in [6.45, 7) is 0. The zero-order chi connectivity index (χ0) is 14.0. The fourth-order valence-electron chi connectivity index (χ4n) is 1.39. The molecule has 0 radical (unpaired) electrons. The molecule has 1 heterocycles. The van der Waals surface area contributed by atoms with E-state index in [-0.39, 0.29) is 11.5 Å². The number of rotatable bonds is 3. The lowest BCUT2D eigenvalue weighted by molar-refractivity contribution is 0.0696. The van der Waals surface area contributed by atoms with Gasteiger partial charge in [0.15, 0.2) is 0 Å². The van der Waals surface area contributed by atoms with Gasteiger partial charge in [-0.05, 0) is 45.6 Å². The Bertz CT molecular complexity index is 656. The number of amides is 1. The largest absolute Gasteiger partial charge is 0.478 e. The molecule has 2 rings (SSSR count). The van der Waals surface area contributed by atoms with Gasteiger partial charge in [-0.3, -0.25) is 4.79 Å². The number of anilines is 1. The van der Waals surface area contributed by atoms with Gasteiger partial charge in [-0.1, -0.05) is 11.6 Å². The Kier molecular flexibility index (Phi) is 4.24. The van der Waals surface area contributed by atoms with Crippen LogP contribution in [0.25, 0.3) is 0 Å². The Morgan fingerprint density at radius 2 is 2.05 bits per heavy atom. The monoisotopic (exact) mass is 359 g/mol. The van der Waals surface area contributed by atoms with Crippen LogP contribution in [0.3, 0.4) is 0 Å². The third-order valence-electron chi connectivity index (χ3n) is 2.28. The van der Waals surface area contributed by atoms with Crippen LogP contribution in [0.4, 0.5) is 5.69 Å². The van der Waals surface area contributed by atoms with Gasteiger partial charge in [-0.15, -0.1) is 11.3 Å². The SMILES string of the molecule is O=C(O)c1ccc(Br)c(NC(=O)c2sccc2Cl)c1. The molecule has 1 aromatic heterocycles. The Balaban J connectivity index is 2.28. The van der Waals surface area contributed by atoms with Crippen molar-refractivity contribution in [2.24, 2.45) is 0 Å². The number of hydrogen-bond acceptors (Lipinski definition) is 3. The van der Waals surface area contributed by atoms with Crippen molar-refractivity contribution in [3.8, 4) is 0 Å². The number of aromatic carboxylic acids is 1. The van der Waals surface area contributed by atoms with E-state index in [1.165, 1.54) is 23.5 Å². The van der Waals surface area contributed by atoms with Crippen molar-refractivity contribution in [2.75, 3.05) is 5.32 Å². The average molecular weight is 361 g/mol. The van der Waals surface area contributed by atoms with E-state index in [4.69, 9.17) is 16.7 Å². The number of hydrogen-bond donors (Lipinski definition) is 2. The van der Waals surface area contributed by atoms with Crippen LogP contribution < -0.4 is 5.32 Å². The van der Waals surface area contributed by atoms with Crippen LogP contribution in [0.5, 0.6) is 0 Å². The van der Waals surface area contributed by atoms with Crippen molar-refractivity contribution in [1.29, 1.82) is 0 Å². The molecular weight excluding hydrogens is 354 g/mol. The molecule has 0 aliphatic rings. The van der Waals surface area contributed by atoms with Gasteiger partial charge in [-0.2, -0.15) is 0 Å². The topological polar surface area (TPSA) is 66.4 Å². The van der Waals surface area contributed by atoms with Crippen molar-refractivity contribution in [3.05, 3.63) is 49.6 Å². The summed E-state index contributed by atoms with van der Waals surface area (Å²) in [6.07, 6.45) is 0. The van der Waals surface area contributed by atoms with E-state index in [9.17, 15) is 9.59 Å². The Morgan fingerprint density at radius 3 is 2.63 bits per heavy atom. The molecule has 0 saturated heterocycles. The predicted molar refractivity (Wildman–Crippen MR) is 78.4 cm³/mol. The Labute approximate surface area is 126 Å². The van der Waals surface area contributed by atoms with Gasteiger partial charge in [-0.25, -0.2) is 4.79 Å². The number of carbonyl (C=O) groups is 2. The molecule has 0 unspecified atom stereocenters. The fraction of sp³-hybridized carbons (Fsp3) is 0. The number of benzene rings is 1. The van der Waals surface area contributed by atoms with Crippen LogP contribution in [0.1, 0.15) is 20.0 Å². The number of nitrogens with one attached hydrogen (secondary N) is 1. The van der Waals surface area contributed by atoms with Crippen molar-refractivity contribution >= 4 is 56.4 Å². The molecular formula is C12H7BrClNO3S. The lowest BCUT2D eigenvalue weighted by atomic mass is 10.2. The van der Waals surface area contributed by atoms with Gasteiger partial charge >= 0.3 is 5.97 Å². The van der Waals surface area contributed by atoms with Gasteiger partial charge in [0.05, 0.1) is 16.3 Å². The van der Waals surface area contributed by atoms with E-state index >= 15 is 0 Å². The number of carboxylic acid groups (broad SMARTS) is 1. The van der Waals surface area contributed by atoms with Gasteiger partial charge in [0, 0.05) is 4.47 Å². The van der Waals surface area contributed by atoms with E-state index in [1.807, 2.05) is 0 Å². The predicted octanol–water partition coefficient (Wildman–Crippen LogP) is 4.11. The zero-order valence-corrected chi connectivity index (χ0v) is 12.5. The summed E-state index contributed by atoms with van der Waals surface area (Å²) in [5, 5.41) is 13.6. The molecule has 0 saturated carbocycles. The minimum atomic E-state index is -1.06. The first-order valence-corrected chi connectivity index (χ1v) is 7.11. The van der Waals surface area contributed by atoms with E-state index < -0.39 is 5.97 Å². The lowest BCUT2D eigenvalue weighted by Gasteiger charge is -2.07. The number of thiophene rings is 1. The first-order chi connectivity index (χ1) is 8.99. The van der Waals surface area contributed by atoms with Crippen LogP contribution in [0, 0.1) is 0 Å². The van der Waals surface area contributed by atoms with E-state index in [0.717, 1.165) is 0 Å². The van der Waals surface area contributed by atoms with Crippen LogP contribution >= 0.6 is 38.9 Å². The third kappa shape index (κ3) is 3.15. The lowest BCUT2D eigenvalue weighted by Crippen LogP contribution is -2.11.